The summed E-state index contributed by atoms with van der Waals surface area (Å²) in [5.41, 5.74) is 0.879. The van der Waals surface area contributed by atoms with Crippen molar-refractivity contribution in [2.24, 2.45) is 0 Å². The number of sulfonamides is 1. The molecule has 2 amide bonds. The lowest BCUT2D eigenvalue weighted by molar-refractivity contribution is -0.137. The number of hydrogen-bond donors (Lipinski definition) is 2. The van der Waals surface area contributed by atoms with Gasteiger partial charge in [0.1, 0.15) is 0 Å². The number of rotatable bonds is 5. The molecule has 0 radical (unpaired) electrons. The van der Waals surface area contributed by atoms with Crippen molar-refractivity contribution in [3.05, 3.63) is 90.5 Å². The quantitative estimate of drug-likeness (QED) is 0.482. The summed E-state index contributed by atoms with van der Waals surface area (Å²) in [5.74, 6) is -2.25. The number of benzene rings is 3. The van der Waals surface area contributed by atoms with Crippen LogP contribution in [0.2, 0.25) is 0 Å². The normalized spacial score (nSPS) is 11.1. The van der Waals surface area contributed by atoms with Gasteiger partial charge in [0.25, 0.3) is 10.0 Å². The van der Waals surface area contributed by atoms with E-state index in [0.717, 1.165) is 16.2 Å². The summed E-state index contributed by atoms with van der Waals surface area (Å²) in [6.07, 6.45) is 0. The molecule has 0 aliphatic heterocycles. The zero-order chi connectivity index (χ0) is 20.9. The number of carbonyl (C=O) groups is 2. The first kappa shape index (κ1) is 20.7. The molecule has 0 spiro atoms. The van der Waals surface area contributed by atoms with Crippen LogP contribution in [-0.2, 0) is 19.6 Å². The van der Waals surface area contributed by atoms with Gasteiger partial charge in [-0.3, -0.25) is 9.59 Å². The van der Waals surface area contributed by atoms with Crippen LogP contribution in [0.4, 0.5) is 0 Å². The van der Waals surface area contributed by atoms with E-state index in [1.807, 2.05) is 72.3 Å². The predicted molar refractivity (Wildman–Crippen MR) is 114 cm³/mol. The van der Waals surface area contributed by atoms with E-state index < -0.39 is 29.9 Å². The van der Waals surface area contributed by atoms with Crippen molar-refractivity contribution in [3.8, 4) is 0 Å². The Morgan fingerprint density at radius 1 is 0.724 bits per heavy atom. The van der Waals surface area contributed by atoms with Crippen LogP contribution in [0.5, 0.6) is 0 Å². The molecule has 0 aliphatic carbocycles. The van der Waals surface area contributed by atoms with Gasteiger partial charge in [-0.15, -0.1) is 0 Å². The fourth-order valence-electron chi connectivity index (χ4n) is 2.53. The molecule has 0 saturated carbocycles. The second-order valence-electron chi connectivity index (χ2n) is 6.20. The van der Waals surface area contributed by atoms with Crippen molar-refractivity contribution in [2.45, 2.75) is 11.8 Å². The van der Waals surface area contributed by atoms with Crippen LogP contribution in [0.25, 0.3) is 0 Å². The summed E-state index contributed by atoms with van der Waals surface area (Å²) in [7, 11) is -5.52. The summed E-state index contributed by atoms with van der Waals surface area (Å²) < 4.78 is 26.6. The molecule has 8 heteroatoms. The van der Waals surface area contributed by atoms with Crippen molar-refractivity contribution in [3.63, 3.8) is 0 Å². The second-order valence-corrected chi connectivity index (χ2v) is 9.80. The summed E-state index contributed by atoms with van der Waals surface area (Å²) >= 11 is 0. The van der Waals surface area contributed by atoms with Crippen LogP contribution in [-0.4, -0.2) is 20.2 Å². The van der Waals surface area contributed by atoms with Gasteiger partial charge in [-0.2, -0.15) is 0 Å². The van der Waals surface area contributed by atoms with E-state index in [4.69, 9.17) is 0 Å². The van der Waals surface area contributed by atoms with Crippen molar-refractivity contribution >= 4 is 40.5 Å². The molecule has 0 aromatic heterocycles. The first-order valence-corrected chi connectivity index (χ1v) is 11.5. The lowest BCUT2D eigenvalue weighted by Gasteiger charge is -2.19. The zero-order valence-corrected chi connectivity index (χ0v) is 17.3. The van der Waals surface area contributed by atoms with Gasteiger partial charge in [-0.1, -0.05) is 78.4 Å². The molecule has 0 bridgehead atoms. The van der Waals surface area contributed by atoms with Crippen LogP contribution in [0.1, 0.15) is 5.56 Å². The third-order valence-electron chi connectivity index (χ3n) is 4.01. The van der Waals surface area contributed by atoms with E-state index in [9.17, 15) is 18.0 Å². The highest BCUT2D eigenvalue weighted by atomic mass is 32.2. The smallest absolute Gasteiger partial charge is 0.319 e. The predicted octanol–water partition coefficient (Wildman–Crippen LogP) is 1.96. The molecule has 6 nitrogen and oxygen atoms in total. The van der Waals surface area contributed by atoms with Gasteiger partial charge in [0.2, 0.25) is 0 Å². The Morgan fingerprint density at radius 3 is 1.69 bits per heavy atom. The van der Waals surface area contributed by atoms with Crippen LogP contribution in [0, 0.1) is 6.92 Å². The maximum absolute atomic E-state index is 12.5. The van der Waals surface area contributed by atoms with Gasteiger partial charge < -0.3 is 5.09 Å². The van der Waals surface area contributed by atoms with Crippen LogP contribution < -0.4 is 20.4 Å². The molecular weight excluding hydrogens is 407 g/mol. The van der Waals surface area contributed by atoms with E-state index in [2.05, 4.69) is 5.09 Å². The van der Waals surface area contributed by atoms with Crippen molar-refractivity contribution in [1.29, 1.82) is 0 Å². The van der Waals surface area contributed by atoms with E-state index in [0.29, 0.717) is 0 Å². The molecule has 0 fully saturated rings. The largest absolute Gasteiger partial charge is 0.323 e. The third-order valence-corrected chi connectivity index (χ3v) is 7.41. The second kappa shape index (κ2) is 8.99. The Morgan fingerprint density at radius 2 is 1.21 bits per heavy atom. The highest BCUT2D eigenvalue weighted by Crippen LogP contribution is 2.28. The number of aryl methyl sites for hydroxylation is 1. The average Bonchev–Trinajstić information content (AvgIpc) is 2.73. The Bertz CT molecular complexity index is 1060. The van der Waals surface area contributed by atoms with Gasteiger partial charge in [0.05, 0.1) is 13.0 Å². The Labute approximate surface area is 170 Å². The summed E-state index contributed by atoms with van der Waals surface area (Å²) in [6.45, 7) is 1.82. The van der Waals surface area contributed by atoms with Crippen molar-refractivity contribution in [2.75, 3.05) is 0 Å². The molecule has 0 aliphatic rings. The summed E-state index contributed by atoms with van der Waals surface area (Å²) in [5, 5.41) is 4.34. The number of hydrogen-bond acceptors (Lipinski definition) is 4. The maximum Gasteiger partial charge on any atom is 0.323 e. The van der Waals surface area contributed by atoms with E-state index >= 15 is 0 Å². The van der Waals surface area contributed by atoms with E-state index in [1.165, 1.54) is 12.1 Å². The van der Waals surface area contributed by atoms with Gasteiger partial charge in [0, 0.05) is 10.6 Å². The van der Waals surface area contributed by atoms with Gasteiger partial charge in [-0.25, -0.2) is 13.1 Å². The number of amides is 2. The maximum atomic E-state index is 12.5. The monoisotopic (exact) mass is 426 g/mol. The molecule has 2 N–H and O–H groups in total. The number of nitrogens with one attached hydrogen (secondary N) is 2. The highest BCUT2D eigenvalue weighted by molar-refractivity contribution is 7.90. The van der Waals surface area contributed by atoms with E-state index in [-0.39, 0.29) is 4.90 Å². The molecular formula is C21H19N2O4PS. The molecule has 0 saturated heterocycles. The zero-order valence-electron chi connectivity index (χ0n) is 15.6. The highest BCUT2D eigenvalue weighted by Gasteiger charge is 2.26. The van der Waals surface area contributed by atoms with Gasteiger partial charge >= 0.3 is 11.8 Å². The lowest BCUT2D eigenvalue weighted by Crippen LogP contribution is -2.42. The summed E-state index contributed by atoms with van der Waals surface area (Å²) in [6, 6.07) is 24.4. The van der Waals surface area contributed by atoms with Gasteiger partial charge in [0.15, 0.2) is 0 Å². The average molecular weight is 426 g/mol. The fourth-order valence-corrected chi connectivity index (χ4v) is 5.28. The Balaban J connectivity index is 1.79. The molecule has 0 heterocycles. The van der Waals surface area contributed by atoms with Gasteiger partial charge in [-0.05, 0) is 19.1 Å². The SMILES string of the molecule is Cc1ccc(S(=O)(=O)NC(=O)C(=O)NP(c2ccccc2)c2ccccc2)cc1. The van der Waals surface area contributed by atoms with E-state index in [1.54, 1.807) is 12.1 Å². The summed E-state index contributed by atoms with van der Waals surface area (Å²) in [4.78, 5) is 24.7. The lowest BCUT2D eigenvalue weighted by atomic mass is 10.2. The first-order valence-electron chi connectivity index (χ1n) is 8.71. The minimum Gasteiger partial charge on any atom is -0.319 e. The van der Waals surface area contributed by atoms with Crippen LogP contribution >= 0.6 is 8.07 Å². The number of carbonyl (C=O) groups excluding carboxylic acids is 2. The molecule has 3 aromatic rings. The minimum atomic E-state index is -4.14. The minimum absolute atomic E-state index is 0.0855. The van der Waals surface area contributed by atoms with Crippen molar-refractivity contribution in [1.82, 2.24) is 9.81 Å². The first-order chi connectivity index (χ1) is 13.9. The molecule has 148 valence electrons. The van der Waals surface area contributed by atoms with Crippen LogP contribution in [0.3, 0.4) is 0 Å². The standard InChI is InChI=1S/C21H19N2O4PS/c1-16-12-14-19(15-13-16)29(26,27)23-21(25)20(24)22-28(17-8-4-2-5-9-17)18-10-6-3-7-11-18/h2-15H,1H3,(H,22,24)(H,23,25). The molecule has 29 heavy (non-hydrogen) atoms. The van der Waals surface area contributed by atoms with Crippen molar-refractivity contribution < 1.29 is 18.0 Å². The Kier molecular flexibility index (Phi) is 6.42. The third kappa shape index (κ3) is 5.28. The van der Waals surface area contributed by atoms with Crippen LogP contribution in [0.15, 0.2) is 89.8 Å². The molecule has 0 atom stereocenters. The molecule has 3 rings (SSSR count). The fraction of sp³-hybridized carbons (Fsp3) is 0.0476. The molecule has 3 aromatic carbocycles. The topological polar surface area (TPSA) is 92.3 Å². The molecule has 0 unspecified atom stereocenters. The Hall–Kier alpha value is -3.02.